The summed E-state index contributed by atoms with van der Waals surface area (Å²) < 4.78 is 7.75. The number of nitrogens with zero attached hydrogens (tertiary/aromatic N) is 2. The Labute approximate surface area is 355 Å². The molecule has 4 heteroatoms. The van der Waals surface area contributed by atoms with E-state index >= 15 is 0 Å². The van der Waals surface area contributed by atoms with Crippen LogP contribution in [-0.4, -0.2) is 4.57 Å². The van der Waals surface area contributed by atoms with Gasteiger partial charge in [0.1, 0.15) is 0 Å². The van der Waals surface area contributed by atoms with E-state index in [2.05, 4.69) is 210 Å². The van der Waals surface area contributed by atoms with Gasteiger partial charge >= 0.3 is 0 Å². The number of rotatable bonds is 5. The molecule has 2 aliphatic carbocycles. The van der Waals surface area contributed by atoms with Crippen molar-refractivity contribution in [3.05, 3.63) is 212 Å². The Balaban J connectivity index is 1.00. The molecule has 2 aliphatic rings. The van der Waals surface area contributed by atoms with Gasteiger partial charge in [-0.3, -0.25) is 0 Å². The van der Waals surface area contributed by atoms with Crippen molar-refractivity contribution < 1.29 is 0 Å². The molecule has 0 saturated heterocycles. The van der Waals surface area contributed by atoms with Crippen molar-refractivity contribution >= 4 is 107 Å². The lowest BCUT2D eigenvalue weighted by molar-refractivity contribution is 0.732. The maximum absolute atomic E-state index is 2.49. The summed E-state index contributed by atoms with van der Waals surface area (Å²) in [5, 5.41) is 10.3. The topological polar surface area (TPSA) is 8.17 Å². The molecular formula is C56H36N2S2. The van der Waals surface area contributed by atoms with E-state index in [4.69, 9.17) is 0 Å². The van der Waals surface area contributed by atoms with E-state index in [1.165, 1.54) is 107 Å². The predicted molar refractivity (Wildman–Crippen MR) is 261 cm³/mol. The average Bonchev–Trinajstić information content (AvgIpc) is 3.97. The molecule has 1 atom stereocenters. The Hall–Kier alpha value is -6.98. The zero-order valence-corrected chi connectivity index (χ0v) is 34.2. The van der Waals surface area contributed by atoms with Crippen molar-refractivity contribution in [2.24, 2.45) is 5.92 Å². The van der Waals surface area contributed by atoms with E-state index in [1.807, 2.05) is 22.7 Å². The summed E-state index contributed by atoms with van der Waals surface area (Å²) in [6.07, 6.45) is 14.5. The first-order valence-electron chi connectivity index (χ1n) is 20.7. The molecule has 8 aromatic carbocycles. The van der Waals surface area contributed by atoms with Crippen molar-refractivity contribution in [1.82, 2.24) is 4.57 Å². The number of aromatic nitrogens is 1. The van der Waals surface area contributed by atoms with Gasteiger partial charge in [0, 0.05) is 85.4 Å². The molecule has 0 spiro atoms. The number of fused-ring (bicyclic) bond motifs is 11. The molecule has 0 amide bonds. The minimum atomic E-state index is 0.366. The molecule has 2 nitrogen and oxygen atoms in total. The number of allylic oxidation sites excluding steroid dienone is 8. The molecule has 0 saturated carbocycles. The van der Waals surface area contributed by atoms with Gasteiger partial charge in [0.2, 0.25) is 0 Å². The number of anilines is 2. The SMILES string of the molecule is C1=CC2=CC=C(N(c3ccc(-c4cc(-n5c6ccccc6c6cc7ccccc7cc65)cc5c4sc4ccccc45)cc3)c3ccc4sc5ccccc5c4c3)CC2C=C1. The molecule has 0 fully saturated rings. The first-order chi connectivity index (χ1) is 29.7. The van der Waals surface area contributed by atoms with Crippen LogP contribution in [0.4, 0.5) is 11.4 Å². The highest BCUT2D eigenvalue weighted by atomic mass is 32.1. The minimum absolute atomic E-state index is 0.366. The Morgan fingerprint density at radius 1 is 0.500 bits per heavy atom. The average molecular weight is 801 g/mol. The van der Waals surface area contributed by atoms with Crippen molar-refractivity contribution in [3.8, 4) is 16.8 Å². The van der Waals surface area contributed by atoms with Crippen LogP contribution in [-0.2, 0) is 0 Å². The standard InChI is InChI=1S/C56H36N2S2/c1-2-12-37-29-41(26-21-35(37)11-1)57(42-27-28-55-49(32-42)45-16-6-9-19-53(45)59-55)40-24-22-36(23-25-40)47-33-43(34-50-46-17-7-10-20-54(46)60-56(47)50)58-51-18-8-5-15-44(51)48-30-38-13-3-4-14-39(38)31-52(48)58/h1-28,30-34,37H,29H2. The molecule has 282 valence electrons. The Bertz CT molecular complexity index is 3700. The third-order valence-electron chi connectivity index (χ3n) is 12.7. The van der Waals surface area contributed by atoms with Crippen LogP contribution in [0.5, 0.6) is 0 Å². The van der Waals surface area contributed by atoms with Crippen LogP contribution in [0.2, 0.25) is 0 Å². The summed E-state index contributed by atoms with van der Waals surface area (Å²) in [5.74, 6) is 0.366. The predicted octanol–water partition coefficient (Wildman–Crippen LogP) is 16.4. The van der Waals surface area contributed by atoms with Gasteiger partial charge in [-0.2, -0.15) is 0 Å². The van der Waals surface area contributed by atoms with Crippen LogP contribution >= 0.6 is 22.7 Å². The summed E-state index contributed by atoms with van der Waals surface area (Å²) >= 11 is 3.77. The fourth-order valence-electron chi connectivity index (χ4n) is 9.83. The third kappa shape index (κ3) is 5.24. The molecule has 0 aliphatic heterocycles. The van der Waals surface area contributed by atoms with Crippen molar-refractivity contribution in [2.45, 2.75) is 6.42 Å². The van der Waals surface area contributed by atoms with Gasteiger partial charge in [-0.25, -0.2) is 0 Å². The maximum atomic E-state index is 2.49. The lowest BCUT2D eigenvalue weighted by Crippen LogP contribution is -2.21. The lowest BCUT2D eigenvalue weighted by Gasteiger charge is -2.32. The van der Waals surface area contributed by atoms with Gasteiger partial charge < -0.3 is 9.47 Å². The number of para-hydroxylation sites is 1. The molecule has 0 bridgehead atoms. The zero-order valence-electron chi connectivity index (χ0n) is 32.5. The van der Waals surface area contributed by atoms with Gasteiger partial charge in [-0.1, -0.05) is 121 Å². The molecule has 1 unspecified atom stereocenters. The van der Waals surface area contributed by atoms with Crippen LogP contribution in [0.15, 0.2) is 212 Å². The monoisotopic (exact) mass is 800 g/mol. The molecule has 13 rings (SSSR count). The van der Waals surface area contributed by atoms with Crippen LogP contribution in [0.25, 0.3) is 89.7 Å². The highest BCUT2D eigenvalue weighted by molar-refractivity contribution is 7.26. The molecule has 11 aromatic rings. The van der Waals surface area contributed by atoms with E-state index in [9.17, 15) is 0 Å². The van der Waals surface area contributed by atoms with Gasteiger partial charge in [0.05, 0.1) is 11.0 Å². The van der Waals surface area contributed by atoms with Gasteiger partial charge in [0.25, 0.3) is 0 Å². The Kier molecular flexibility index (Phi) is 7.51. The lowest BCUT2D eigenvalue weighted by atomic mass is 9.86. The molecular weight excluding hydrogens is 765 g/mol. The number of benzene rings is 8. The normalized spacial score (nSPS) is 15.2. The second kappa shape index (κ2) is 13.3. The van der Waals surface area contributed by atoms with E-state index in [1.54, 1.807) is 0 Å². The van der Waals surface area contributed by atoms with Gasteiger partial charge in [-0.05, 0) is 107 Å². The molecule has 0 N–H and O–H groups in total. The zero-order chi connectivity index (χ0) is 39.3. The van der Waals surface area contributed by atoms with Crippen LogP contribution in [0, 0.1) is 5.92 Å². The smallest absolute Gasteiger partial charge is 0.0547 e. The van der Waals surface area contributed by atoms with Gasteiger partial charge in [0.15, 0.2) is 0 Å². The quantitative estimate of drug-likeness (QED) is 0.168. The summed E-state index contributed by atoms with van der Waals surface area (Å²) in [6, 6.07) is 61.2. The first-order valence-corrected chi connectivity index (χ1v) is 22.3. The minimum Gasteiger partial charge on any atom is -0.314 e. The summed E-state index contributed by atoms with van der Waals surface area (Å²) in [6.45, 7) is 0. The van der Waals surface area contributed by atoms with E-state index in [0.717, 1.165) is 12.1 Å². The largest absolute Gasteiger partial charge is 0.314 e. The van der Waals surface area contributed by atoms with Crippen molar-refractivity contribution in [3.63, 3.8) is 0 Å². The molecule has 60 heavy (non-hydrogen) atoms. The van der Waals surface area contributed by atoms with E-state index in [0.29, 0.717) is 5.92 Å². The highest BCUT2D eigenvalue weighted by Crippen LogP contribution is 2.46. The number of hydrogen-bond acceptors (Lipinski definition) is 3. The van der Waals surface area contributed by atoms with E-state index in [-0.39, 0.29) is 0 Å². The second-order valence-corrected chi connectivity index (χ2v) is 18.2. The van der Waals surface area contributed by atoms with Gasteiger partial charge in [-0.15, -0.1) is 22.7 Å². The molecule has 3 heterocycles. The first kappa shape index (κ1) is 33.9. The van der Waals surface area contributed by atoms with Crippen molar-refractivity contribution in [2.75, 3.05) is 4.90 Å². The molecule has 0 radical (unpaired) electrons. The fraction of sp³-hybridized carbons (Fsp3) is 0.0357. The van der Waals surface area contributed by atoms with Crippen LogP contribution < -0.4 is 4.90 Å². The summed E-state index contributed by atoms with van der Waals surface area (Å²) in [4.78, 5) is 2.49. The van der Waals surface area contributed by atoms with E-state index < -0.39 is 0 Å². The highest BCUT2D eigenvalue weighted by Gasteiger charge is 2.24. The third-order valence-corrected chi connectivity index (χ3v) is 15.0. The maximum Gasteiger partial charge on any atom is 0.0547 e. The van der Waals surface area contributed by atoms with Crippen molar-refractivity contribution in [1.29, 1.82) is 0 Å². The second-order valence-electron chi connectivity index (χ2n) is 16.1. The molecule has 3 aromatic heterocycles. The van der Waals surface area contributed by atoms with Crippen LogP contribution in [0.1, 0.15) is 6.42 Å². The summed E-state index contributed by atoms with van der Waals surface area (Å²) in [7, 11) is 0. The number of hydrogen-bond donors (Lipinski definition) is 0. The Morgan fingerprint density at radius 3 is 2.05 bits per heavy atom. The fourth-order valence-corrected chi connectivity index (χ4v) is 12.1. The number of thiophene rings is 2. The Morgan fingerprint density at radius 2 is 1.20 bits per heavy atom. The summed E-state index contributed by atoms with van der Waals surface area (Å²) in [5.41, 5.74) is 11.1. The van der Waals surface area contributed by atoms with Crippen LogP contribution in [0.3, 0.4) is 0 Å².